The van der Waals surface area contributed by atoms with Crippen LogP contribution in [0.3, 0.4) is 0 Å². The van der Waals surface area contributed by atoms with Crippen LogP contribution in [0.2, 0.25) is 0 Å². The van der Waals surface area contributed by atoms with Crippen LogP contribution in [-0.4, -0.2) is 52.2 Å². The number of nitrogens with two attached hydrogens (primary N) is 2. The molecule has 18 heavy (non-hydrogen) atoms. The average Bonchev–Trinajstić information content (AvgIpc) is 2.35. The van der Waals surface area contributed by atoms with Gasteiger partial charge in [-0.2, -0.15) is 0 Å². The number of ether oxygens (including phenoxy) is 1. The fourth-order valence-corrected chi connectivity index (χ4v) is 1.18. The van der Waals surface area contributed by atoms with Gasteiger partial charge < -0.3 is 26.8 Å². The van der Waals surface area contributed by atoms with Crippen LogP contribution in [0.15, 0.2) is 0 Å². The van der Waals surface area contributed by atoms with E-state index >= 15 is 0 Å². The largest absolute Gasteiger partial charge is 0.383 e. The number of carbonyl (C=O) groups is 2. The van der Waals surface area contributed by atoms with Gasteiger partial charge in [-0.15, -0.1) is 0 Å². The summed E-state index contributed by atoms with van der Waals surface area (Å²) in [7, 11) is 3.34. The molecule has 0 aliphatic carbocycles. The van der Waals surface area contributed by atoms with E-state index in [1.807, 2.05) is 0 Å². The van der Waals surface area contributed by atoms with Crippen LogP contribution in [0.4, 0.5) is 0 Å². The number of rotatable bonds is 10. The molecule has 6 N–H and O–H groups in total. The number of likely N-dealkylation sites (N-methyl/N-ethyl adjacent to an activating group) is 1. The topological polar surface area (TPSA) is 119 Å². The second kappa shape index (κ2) is 15.8. The molecule has 0 aliphatic heterocycles. The standard InChI is InChI=1S/C8H17N3O2.C3H9NO/c1-10-7(8(9)13)4-2-3-5-11-6-12;1-5-3-2-4/h6-7,10H,2-5H2,1H3,(H2,9,13)(H,11,12);2-4H2,1H3. The van der Waals surface area contributed by atoms with Crippen molar-refractivity contribution >= 4 is 12.3 Å². The fourth-order valence-electron chi connectivity index (χ4n) is 1.18. The summed E-state index contributed by atoms with van der Waals surface area (Å²) in [6.45, 7) is 1.94. The summed E-state index contributed by atoms with van der Waals surface area (Å²) < 4.78 is 4.57. The van der Waals surface area contributed by atoms with Crippen LogP contribution in [0.1, 0.15) is 19.3 Å². The number of primary amides is 1. The molecule has 7 nitrogen and oxygen atoms in total. The Morgan fingerprint density at radius 2 is 2.11 bits per heavy atom. The fraction of sp³-hybridized carbons (Fsp3) is 0.818. The van der Waals surface area contributed by atoms with Crippen LogP contribution >= 0.6 is 0 Å². The van der Waals surface area contributed by atoms with Crippen molar-refractivity contribution in [3.63, 3.8) is 0 Å². The van der Waals surface area contributed by atoms with Crippen molar-refractivity contribution < 1.29 is 14.3 Å². The van der Waals surface area contributed by atoms with Crippen molar-refractivity contribution in [1.82, 2.24) is 10.6 Å². The number of carbonyl (C=O) groups excluding carboxylic acids is 2. The Morgan fingerprint density at radius 3 is 2.44 bits per heavy atom. The van der Waals surface area contributed by atoms with Gasteiger partial charge in [0.1, 0.15) is 0 Å². The van der Waals surface area contributed by atoms with Gasteiger partial charge in [0.2, 0.25) is 12.3 Å². The molecule has 0 saturated heterocycles. The Bertz CT molecular complexity index is 201. The molecule has 0 radical (unpaired) electrons. The Morgan fingerprint density at radius 1 is 1.44 bits per heavy atom. The highest BCUT2D eigenvalue weighted by Crippen LogP contribution is 1.99. The quantitative estimate of drug-likeness (QED) is 0.284. The Kier molecular flexibility index (Phi) is 16.8. The lowest BCUT2D eigenvalue weighted by atomic mass is 10.1. The van der Waals surface area contributed by atoms with Crippen LogP contribution in [0.5, 0.6) is 0 Å². The van der Waals surface area contributed by atoms with E-state index in [-0.39, 0.29) is 11.9 Å². The first-order valence-corrected chi connectivity index (χ1v) is 5.96. The molecule has 7 heteroatoms. The lowest BCUT2D eigenvalue weighted by molar-refractivity contribution is -0.120. The molecule has 0 spiro atoms. The molecular weight excluding hydrogens is 236 g/mol. The van der Waals surface area contributed by atoms with E-state index in [1.54, 1.807) is 14.2 Å². The molecule has 0 aromatic rings. The maximum absolute atomic E-state index is 10.7. The highest BCUT2D eigenvalue weighted by molar-refractivity contribution is 5.79. The van der Waals surface area contributed by atoms with Gasteiger partial charge in [0.05, 0.1) is 12.6 Å². The lowest BCUT2D eigenvalue weighted by Crippen LogP contribution is -2.39. The third-order valence-electron chi connectivity index (χ3n) is 2.16. The smallest absolute Gasteiger partial charge is 0.234 e. The van der Waals surface area contributed by atoms with Crippen molar-refractivity contribution in [2.45, 2.75) is 25.3 Å². The summed E-state index contributed by atoms with van der Waals surface area (Å²) in [5, 5.41) is 5.38. The summed E-state index contributed by atoms with van der Waals surface area (Å²) in [5.41, 5.74) is 10.1. The molecule has 0 saturated carbocycles. The second-order valence-electron chi connectivity index (χ2n) is 3.59. The van der Waals surface area contributed by atoms with Gasteiger partial charge >= 0.3 is 0 Å². The molecule has 0 bridgehead atoms. The minimum absolute atomic E-state index is 0.253. The first kappa shape index (κ1) is 19.2. The molecule has 0 aromatic carbocycles. The number of nitrogens with one attached hydrogen (secondary N) is 2. The van der Waals surface area contributed by atoms with E-state index in [1.165, 1.54) is 0 Å². The van der Waals surface area contributed by atoms with Crippen LogP contribution in [0.25, 0.3) is 0 Å². The van der Waals surface area contributed by atoms with E-state index in [0.717, 1.165) is 12.8 Å². The van der Waals surface area contributed by atoms with Crippen molar-refractivity contribution in [3.05, 3.63) is 0 Å². The van der Waals surface area contributed by atoms with E-state index in [2.05, 4.69) is 15.4 Å². The van der Waals surface area contributed by atoms with Gasteiger partial charge in [0.25, 0.3) is 0 Å². The van der Waals surface area contributed by atoms with Crippen LogP contribution in [-0.2, 0) is 14.3 Å². The van der Waals surface area contributed by atoms with Gasteiger partial charge in [-0.1, -0.05) is 0 Å². The molecule has 0 aromatic heterocycles. The molecular formula is C11H26N4O3. The predicted molar refractivity (Wildman–Crippen MR) is 70.9 cm³/mol. The van der Waals surface area contributed by atoms with Crippen molar-refractivity contribution in [2.24, 2.45) is 11.5 Å². The molecule has 0 fully saturated rings. The molecule has 2 amide bonds. The summed E-state index contributed by atoms with van der Waals surface area (Å²) >= 11 is 0. The van der Waals surface area contributed by atoms with Gasteiger partial charge in [0, 0.05) is 20.2 Å². The minimum Gasteiger partial charge on any atom is -0.383 e. The number of hydrogen-bond acceptors (Lipinski definition) is 5. The molecule has 1 atom stereocenters. The molecule has 0 heterocycles. The van der Waals surface area contributed by atoms with E-state index in [4.69, 9.17) is 11.5 Å². The SMILES string of the molecule is CNC(CCCCNC=O)C(N)=O.COCCN. The van der Waals surface area contributed by atoms with Gasteiger partial charge in [-0.05, 0) is 26.3 Å². The molecule has 108 valence electrons. The van der Waals surface area contributed by atoms with Crippen LogP contribution < -0.4 is 22.1 Å². The average molecular weight is 262 g/mol. The highest BCUT2D eigenvalue weighted by Gasteiger charge is 2.10. The van der Waals surface area contributed by atoms with E-state index in [9.17, 15) is 9.59 Å². The summed E-state index contributed by atoms with van der Waals surface area (Å²) in [6, 6.07) is -0.253. The maximum Gasteiger partial charge on any atom is 0.234 e. The number of amides is 2. The van der Waals surface area contributed by atoms with Gasteiger partial charge in [-0.25, -0.2) is 0 Å². The summed E-state index contributed by atoms with van der Waals surface area (Å²) in [6.07, 6.45) is 3.12. The second-order valence-corrected chi connectivity index (χ2v) is 3.59. The first-order valence-electron chi connectivity index (χ1n) is 5.96. The number of methoxy groups -OCH3 is 1. The third kappa shape index (κ3) is 14.8. The third-order valence-corrected chi connectivity index (χ3v) is 2.16. The zero-order chi connectivity index (χ0) is 14.2. The number of hydrogen-bond donors (Lipinski definition) is 4. The molecule has 0 aliphatic rings. The summed E-state index contributed by atoms with van der Waals surface area (Å²) in [4.78, 5) is 20.6. The zero-order valence-corrected chi connectivity index (χ0v) is 11.3. The molecule has 1 unspecified atom stereocenters. The predicted octanol–water partition coefficient (Wildman–Crippen LogP) is -1.43. The van der Waals surface area contributed by atoms with Crippen LogP contribution in [0, 0.1) is 0 Å². The lowest BCUT2D eigenvalue weighted by Gasteiger charge is -2.11. The first-order chi connectivity index (χ1) is 8.63. The summed E-state index contributed by atoms with van der Waals surface area (Å²) in [5.74, 6) is -0.328. The number of unbranched alkanes of at least 4 members (excludes halogenated alkanes) is 1. The monoisotopic (exact) mass is 262 g/mol. The van der Waals surface area contributed by atoms with E-state index in [0.29, 0.717) is 32.5 Å². The highest BCUT2D eigenvalue weighted by atomic mass is 16.5. The van der Waals surface area contributed by atoms with Crippen molar-refractivity contribution in [1.29, 1.82) is 0 Å². The zero-order valence-electron chi connectivity index (χ0n) is 11.3. The van der Waals surface area contributed by atoms with Crippen molar-refractivity contribution in [3.8, 4) is 0 Å². The normalized spacial score (nSPS) is 11.1. The Hall–Kier alpha value is -1.18. The van der Waals surface area contributed by atoms with E-state index < -0.39 is 0 Å². The van der Waals surface area contributed by atoms with Crippen molar-refractivity contribution in [2.75, 3.05) is 33.9 Å². The van der Waals surface area contributed by atoms with Gasteiger partial charge in [0.15, 0.2) is 0 Å². The Balaban J connectivity index is 0. The van der Waals surface area contributed by atoms with Gasteiger partial charge in [-0.3, -0.25) is 9.59 Å². The minimum atomic E-state index is -0.328. The maximum atomic E-state index is 10.7. The molecule has 0 rings (SSSR count). The Labute approximate surface area is 109 Å².